The van der Waals surface area contributed by atoms with Crippen LogP contribution in [0.15, 0.2) is 0 Å². The van der Waals surface area contributed by atoms with E-state index in [4.69, 9.17) is 9.47 Å². The molecule has 1 N–H and O–H groups in total. The summed E-state index contributed by atoms with van der Waals surface area (Å²) < 4.78 is 10.8. The van der Waals surface area contributed by atoms with Crippen molar-refractivity contribution in [3.8, 4) is 0 Å². The van der Waals surface area contributed by atoms with Gasteiger partial charge in [-0.3, -0.25) is 0 Å². The molecule has 1 fully saturated rings. The van der Waals surface area contributed by atoms with Crippen molar-refractivity contribution in [2.45, 2.75) is 65.1 Å². The lowest BCUT2D eigenvalue weighted by Gasteiger charge is -2.44. The van der Waals surface area contributed by atoms with Crippen molar-refractivity contribution < 1.29 is 14.6 Å². The molecule has 1 aliphatic carbocycles. The van der Waals surface area contributed by atoms with Gasteiger partial charge in [-0.1, -0.05) is 20.3 Å². The highest BCUT2D eigenvalue weighted by Gasteiger charge is 2.39. The Kier molecular flexibility index (Phi) is 5.90. The topological polar surface area (TPSA) is 38.7 Å². The molecule has 3 atom stereocenters. The summed E-state index contributed by atoms with van der Waals surface area (Å²) in [6.45, 7) is 6.89. The van der Waals surface area contributed by atoms with Crippen LogP contribution in [0.4, 0.5) is 0 Å². The van der Waals surface area contributed by atoms with Crippen molar-refractivity contribution in [1.29, 1.82) is 0 Å². The summed E-state index contributed by atoms with van der Waals surface area (Å²) in [5.41, 5.74) is 0.311. The molecule has 1 rings (SSSR count). The van der Waals surface area contributed by atoms with Crippen LogP contribution in [-0.4, -0.2) is 31.2 Å². The molecule has 0 aromatic rings. The minimum atomic E-state index is -0.212. The number of methoxy groups -OCH3 is 1. The van der Waals surface area contributed by atoms with E-state index in [-0.39, 0.29) is 12.2 Å². The Balaban J connectivity index is 2.58. The van der Waals surface area contributed by atoms with Gasteiger partial charge in [0.25, 0.3) is 0 Å². The van der Waals surface area contributed by atoms with Gasteiger partial charge >= 0.3 is 0 Å². The van der Waals surface area contributed by atoms with Crippen LogP contribution < -0.4 is 0 Å². The van der Waals surface area contributed by atoms with Gasteiger partial charge in [-0.2, -0.15) is 0 Å². The molecule has 0 saturated heterocycles. The molecule has 0 bridgehead atoms. The van der Waals surface area contributed by atoms with E-state index in [1.54, 1.807) is 7.11 Å². The number of hydrogen-bond donors (Lipinski definition) is 1. The Morgan fingerprint density at radius 2 is 2.12 bits per heavy atom. The highest BCUT2D eigenvalue weighted by molar-refractivity contribution is 4.89. The van der Waals surface area contributed by atoms with E-state index in [2.05, 4.69) is 13.8 Å². The molecule has 0 amide bonds. The number of aliphatic hydroxyl groups is 1. The summed E-state index contributed by atoms with van der Waals surface area (Å²) in [6, 6.07) is 0. The molecule has 1 aliphatic rings. The zero-order valence-electron chi connectivity index (χ0n) is 11.7. The third-order valence-electron chi connectivity index (χ3n) is 4.06. The molecule has 1 saturated carbocycles. The van der Waals surface area contributed by atoms with Gasteiger partial charge in [-0.05, 0) is 43.9 Å². The van der Waals surface area contributed by atoms with Crippen LogP contribution in [0, 0.1) is 11.3 Å². The van der Waals surface area contributed by atoms with Crippen molar-refractivity contribution in [2.24, 2.45) is 11.3 Å². The minimum Gasteiger partial charge on any atom is -0.393 e. The van der Waals surface area contributed by atoms with Crippen LogP contribution in [0.5, 0.6) is 0 Å². The normalized spacial score (nSPS) is 30.2. The molecule has 0 radical (unpaired) electrons. The summed E-state index contributed by atoms with van der Waals surface area (Å²) in [5, 5.41) is 9.45. The van der Waals surface area contributed by atoms with Gasteiger partial charge in [0.2, 0.25) is 0 Å². The maximum atomic E-state index is 9.45. The molecular weight excluding hydrogens is 216 g/mol. The first-order valence-corrected chi connectivity index (χ1v) is 6.76. The Morgan fingerprint density at radius 1 is 1.41 bits per heavy atom. The fourth-order valence-electron chi connectivity index (χ4n) is 3.00. The standard InChI is InChI=1S/C14H28O3/c1-11(15)7-8-12-13(17-10-16-4)6-5-9-14(12,2)3/h11-13,15H,5-10H2,1-4H3/t11?,12-,13+/m1/s1. The lowest BCUT2D eigenvalue weighted by molar-refractivity contribution is -0.129. The van der Waals surface area contributed by atoms with E-state index < -0.39 is 0 Å². The average molecular weight is 244 g/mol. The molecule has 0 aliphatic heterocycles. The average Bonchev–Trinajstić information content (AvgIpc) is 2.23. The summed E-state index contributed by atoms with van der Waals surface area (Å²) in [4.78, 5) is 0. The van der Waals surface area contributed by atoms with E-state index in [1.165, 1.54) is 12.8 Å². The molecule has 102 valence electrons. The molecule has 17 heavy (non-hydrogen) atoms. The van der Waals surface area contributed by atoms with Crippen LogP contribution in [0.25, 0.3) is 0 Å². The van der Waals surface area contributed by atoms with E-state index in [9.17, 15) is 5.11 Å². The fraction of sp³-hybridized carbons (Fsp3) is 1.00. The van der Waals surface area contributed by atoms with Gasteiger partial charge in [-0.15, -0.1) is 0 Å². The molecule has 1 unspecified atom stereocenters. The first kappa shape index (κ1) is 14.9. The van der Waals surface area contributed by atoms with Crippen molar-refractivity contribution in [1.82, 2.24) is 0 Å². The molecular formula is C14H28O3. The maximum Gasteiger partial charge on any atom is 0.146 e. The number of ether oxygens (including phenoxy) is 2. The summed E-state index contributed by atoms with van der Waals surface area (Å²) in [7, 11) is 1.67. The van der Waals surface area contributed by atoms with E-state index in [0.717, 1.165) is 19.3 Å². The van der Waals surface area contributed by atoms with Gasteiger partial charge in [0.1, 0.15) is 6.79 Å². The molecule has 0 heterocycles. The largest absolute Gasteiger partial charge is 0.393 e. The highest BCUT2D eigenvalue weighted by Crippen LogP contribution is 2.44. The second-order valence-electron chi connectivity index (χ2n) is 6.03. The monoisotopic (exact) mass is 244 g/mol. The number of aliphatic hydroxyl groups excluding tert-OH is 1. The highest BCUT2D eigenvalue weighted by atomic mass is 16.7. The second kappa shape index (κ2) is 6.72. The Bertz CT molecular complexity index is 214. The molecule has 3 nitrogen and oxygen atoms in total. The molecule has 0 aromatic carbocycles. The maximum absolute atomic E-state index is 9.45. The van der Waals surface area contributed by atoms with Gasteiger partial charge in [0.05, 0.1) is 12.2 Å². The van der Waals surface area contributed by atoms with Crippen molar-refractivity contribution in [3.63, 3.8) is 0 Å². The van der Waals surface area contributed by atoms with Crippen molar-refractivity contribution in [3.05, 3.63) is 0 Å². The zero-order valence-corrected chi connectivity index (χ0v) is 11.7. The van der Waals surface area contributed by atoms with E-state index >= 15 is 0 Å². The first-order valence-electron chi connectivity index (χ1n) is 6.76. The summed E-state index contributed by atoms with van der Waals surface area (Å²) in [6.07, 6.45) is 5.59. The van der Waals surface area contributed by atoms with Gasteiger partial charge in [-0.25, -0.2) is 0 Å². The van der Waals surface area contributed by atoms with Gasteiger partial charge < -0.3 is 14.6 Å². The van der Waals surface area contributed by atoms with Crippen LogP contribution in [0.1, 0.15) is 52.9 Å². The fourth-order valence-corrected chi connectivity index (χ4v) is 3.00. The van der Waals surface area contributed by atoms with E-state index in [1.807, 2.05) is 6.92 Å². The third-order valence-corrected chi connectivity index (χ3v) is 4.06. The zero-order chi connectivity index (χ0) is 12.9. The van der Waals surface area contributed by atoms with Crippen LogP contribution >= 0.6 is 0 Å². The predicted molar refractivity (Wildman–Crippen MR) is 68.8 cm³/mol. The van der Waals surface area contributed by atoms with Crippen molar-refractivity contribution >= 4 is 0 Å². The third kappa shape index (κ3) is 4.57. The van der Waals surface area contributed by atoms with Crippen LogP contribution in [0.3, 0.4) is 0 Å². The second-order valence-corrected chi connectivity index (χ2v) is 6.03. The lowest BCUT2D eigenvalue weighted by Crippen LogP contribution is -2.40. The number of rotatable bonds is 6. The molecule has 3 heteroatoms. The Morgan fingerprint density at radius 3 is 2.71 bits per heavy atom. The molecule has 0 spiro atoms. The van der Waals surface area contributed by atoms with Crippen LogP contribution in [-0.2, 0) is 9.47 Å². The minimum absolute atomic E-state index is 0.212. The Hall–Kier alpha value is -0.120. The van der Waals surface area contributed by atoms with Crippen LogP contribution in [0.2, 0.25) is 0 Å². The number of hydrogen-bond acceptors (Lipinski definition) is 3. The molecule has 0 aromatic heterocycles. The predicted octanol–water partition coefficient (Wildman–Crippen LogP) is 2.96. The smallest absolute Gasteiger partial charge is 0.146 e. The lowest BCUT2D eigenvalue weighted by atomic mass is 9.65. The SMILES string of the molecule is COCO[C@H]1CCCC(C)(C)[C@@H]1CCC(C)O. The van der Waals surface area contributed by atoms with Gasteiger partial charge in [0.15, 0.2) is 0 Å². The summed E-state index contributed by atoms with van der Waals surface area (Å²) >= 11 is 0. The Labute approximate surface area is 105 Å². The van der Waals surface area contributed by atoms with Crippen molar-refractivity contribution in [2.75, 3.05) is 13.9 Å². The summed E-state index contributed by atoms with van der Waals surface area (Å²) in [5.74, 6) is 0.529. The first-order chi connectivity index (χ1) is 7.97. The van der Waals surface area contributed by atoms with E-state index in [0.29, 0.717) is 18.1 Å². The van der Waals surface area contributed by atoms with Gasteiger partial charge in [0, 0.05) is 7.11 Å². The quantitative estimate of drug-likeness (QED) is 0.730.